The number of nitrogens with one attached hydrogen (secondary N) is 2. The van der Waals surface area contributed by atoms with E-state index in [0.717, 1.165) is 63.2 Å². The molecule has 7 nitrogen and oxygen atoms in total. The van der Waals surface area contributed by atoms with Gasteiger partial charge in [0.05, 0.1) is 0 Å². The molecule has 172 valence electrons. The van der Waals surface area contributed by atoms with E-state index in [1.54, 1.807) is 0 Å². The van der Waals surface area contributed by atoms with Gasteiger partial charge in [-0.3, -0.25) is 14.5 Å². The molecule has 3 rings (SSSR count). The zero-order valence-corrected chi connectivity index (χ0v) is 19.0. The summed E-state index contributed by atoms with van der Waals surface area (Å²) in [7, 11) is 2.14. The van der Waals surface area contributed by atoms with Gasteiger partial charge < -0.3 is 20.1 Å². The fourth-order valence-electron chi connectivity index (χ4n) is 4.61. The second kappa shape index (κ2) is 11.5. The molecule has 0 spiro atoms. The number of nitrogens with zero attached hydrogens (tertiary/aromatic N) is 1. The van der Waals surface area contributed by atoms with Crippen LogP contribution >= 0.6 is 0 Å². The number of benzene rings is 1. The van der Waals surface area contributed by atoms with Gasteiger partial charge in [0.2, 0.25) is 11.8 Å². The quantitative estimate of drug-likeness (QED) is 0.628. The van der Waals surface area contributed by atoms with Crippen LogP contribution in [0, 0.1) is 0 Å². The minimum absolute atomic E-state index is 0.0909. The molecule has 0 aromatic heterocycles. The van der Waals surface area contributed by atoms with Crippen LogP contribution in [-0.2, 0) is 20.9 Å². The van der Waals surface area contributed by atoms with Crippen LogP contribution in [0.5, 0.6) is 5.75 Å². The topological polar surface area (TPSA) is 79.9 Å². The van der Waals surface area contributed by atoms with Gasteiger partial charge in [0.15, 0.2) is 0 Å². The maximum atomic E-state index is 12.9. The zero-order valence-electron chi connectivity index (χ0n) is 19.0. The molecule has 1 aromatic carbocycles. The SMILES string of the molecule is CC(=O)NC1(C(=O)NCc2cccc(OCCN(C)C3CCOCC3)c2)CCCCC1. The van der Waals surface area contributed by atoms with E-state index in [2.05, 4.69) is 22.6 Å². The Morgan fingerprint density at radius 3 is 2.65 bits per heavy atom. The molecule has 1 aromatic rings. The van der Waals surface area contributed by atoms with Gasteiger partial charge >= 0.3 is 0 Å². The van der Waals surface area contributed by atoms with Crippen molar-refractivity contribution in [2.75, 3.05) is 33.4 Å². The lowest BCUT2D eigenvalue weighted by atomic mass is 9.80. The van der Waals surface area contributed by atoms with Crippen molar-refractivity contribution >= 4 is 11.8 Å². The van der Waals surface area contributed by atoms with Crippen molar-refractivity contribution in [2.45, 2.75) is 70.0 Å². The highest BCUT2D eigenvalue weighted by Crippen LogP contribution is 2.28. The summed E-state index contributed by atoms with van der Waals surface area (Å²) in [6.07, 6.45) is 6.57. The highest BCUT2D eigenvalue weighted by atomic mass is 16.5. The van der Waals surface area contributed by atoms with E-state index in [1.165, 1.54) is 6.92 Å². The molecular formula is C24H37N3O4. The molecule has 2 aliphatic rings. The van der Waals surface area contributed by atoms with E-state index >= 15 is 0 Å². The summed E-state index contributed by atoms with van der Waals surface area (Å²) < 4.78 is 11.4. The largest absolute Gasteiger partial charge is 0.492 e. The summed E-state index contributed by atoms with van der Waals surface area (Å²) in [6.45, 7) is 5.06. The lowest BCUT2D eigenvalue weighted by Crippen LogP contribution is -2.59. The first-order chi connectivity index (χ1) is 15.0. The maximum absolute atomic E-state index is 12.9. The number of carbonyl (C=O) groups is 2. The standard InChI is InChI=1S/C24H37N3O4/c1-19(28)26-24(11-4-3-5-12-24)23(29)25-18-20-7-6-8-22(17-20)31-16-13-27(2)21-9-14-30-15-10-21/h6-8,17,21H,3-5,9-16,18H2,1-2H3,(H,25,29)(H,26,28). The molecule has 1 saturated heterocycles. The lowest BCUT2D eigenvalue weighted by molar-refractivity contribution is -0.134. The summed E-state index contributed by atoms with van der Waals surface area (Å²) in [5.41, 5.74) is 0.213. The predicted molar refractivity (Wildman–Crippen MR) is 120 cm³/mol. The molecule has 2 N–H and O–H groups in total. The van der Waals surface area contributed by atoms with Crippen LogP contribution in [0.2, 0.25) is 0 Å². The average Bonchev–Trinajstić information content (AvgIpc) is 2.78. The third-order valence-corrected chi connectivity index (χ3v) is 6.44. The van der Waals surface area contributed by atoms with E-state index < -0.39 is 5.54 Å². The second-order valence-corrected chi connectivity index (χ2v) is 8.83. The molecule has 2 fully saturated rings. The normalized spacial score (nSPS) is 19.1. The molecule has 0 unspecified atom stereocenters. The number of rotatable bonds is 9. The van der Waals surface area contributed by atoms with E-state index in [0.29, 0.717) is 32.0 Å². The van der Waals surface area contributed by atoms with Gasteiger partial charge in [-0.2, -0.15) is 0 Å². The first-order valence-electron chi connectivity index (χ1n) is 11.6. The van der Waals surface area contributed by atoms with Crippen molar-refractivity contribution in [3.8, 4) is 5.75 Å². The molecule has 1 aliphatic carbocycles. The van der Waals surface area contributed by atoms with Gasteiger partial charge in [-0.1, -0.05) is 31.4 Å². The van der Waals surface area contributed by atoms with Crippen LogP contribution in [0.15, 0.2) is 24.3 Å². The molecule has 0 radical (unpaired) electrons. The third-order valence-electron chi connectivity index (χ3n) is 6.44. The third kappa shape index (κ3) is 6.94. The fourth-order valence-corrected chi connectivity index (χ4v) is 4.61. The summed E-state index contributed by atoms with van der Waals surface area (Å²) in [4.78, 5) is 27.0. The van der Waals surface area contributed by atoms with Crippen LogP contribution in [0.25, 0.3) is 0 Å². The summed E-state index contributed by atoms with van der Waals surface area (Å²) in [6, 6.07) is 8.41. The minimum atomic E-state index is -0.771. The van der Waals surface area contributed by atoms with E-state index in [1.807, 2.05) is 24.3 Å². The van der Waals surface area contributed by atoms with Crippen molar-refractivity contribution in [1.29, 1.82) is 0 Å². The van der Waals surface area contributed by atoms with Gasteiger partial charge in [0.1, 0.15) is 17.9 Å². The van der Waals surface area contributed by atoms with Crippen molar-refractivity contribution in [2.24, 2.45) is 0 Å². The first kappa shape index (κ1) is 23.5. The maximum Gasteiger partial charge on any atom is 0.246 e. The Balaban J connectivity index is 1.48. The first-order valence-corrected chi connectivity index (χ1v) is 11.6. The van der Waals surface area contributed by atoms with Crippen molar-refractivity contribution in [3.63, 3.8) is 0 Å². The van der Waals surface area contributed by atoms with E-state index in [9.17, 15) is 9.59 Å². The Morgan fingerprint density at radius 1 is 1.19 bits per heavy atom. The molecule has 0 atom stereocenters. The number of hydrogen-bond acceptors (Lipinski definition) is 5. The minimum Gasteiger partial charge on any atom is -0.492 e. The Kier molecular flexibility index (Phi) is 8.72. The van der Waals surface area contributed by atoms with Crippen LogP contribution in [0.3, 0.4) is 0 Å². The lowest BCUT2D eigenvalue weighted by Gasteiger charge is -2.36. The molecule has 7 heteroatoms. The number of amides is 2. The highest BCUT2D eigenvalue weighted by molar-refractivity contribution is 5.91. The Hall–Kier alpha value is -2.12. The zero-order chi connectivity index (χ0) is 22.1. The molecule has 1 aliphatic heterocycles. The van der Waals surface area contributed by atoms with Gasteiger partial charge in [0.25, 0.3) is 0 Å². The second-order valence-electron chi connectivity index (χ2n) is 8.83. The van der Waals surface area contributed by atoms with Crippen molar-refractivity contribution < 1.29 is 19.1 Å². The monoisotopic (exact) mass is 431 g/mol. The van der Waals surface area contributed by atoms with E-state index in [4.69, 9.17) is 9.47 Å². The Bertz CT molecular complexity index is 727. The Morgan fingerprint density at radius 2 is 1.94 bits per heavy atom. The molecule has 0 bridgehead atoms. The van der Waals surface area contributed by atoms with Gasteiger partial charge in [-0.25, -0.2) is 0 Å². The molecule has 2 amide bonds. The summed E-state index contributed by atoms with van der Waals surface area (Å²) >= 11 is 0. The molecule has 1 saturated carbocycles. The number of hydrogen-bond donors (Lipinski definition) is 2. The molecule has 31 heavy (non-hydrogen) atoms. The predicted octanol–water partition coefficient (Wildman–Crippen LogP) is 2.63. The number of carbonyl (C=O) groups excluding carboxylic acids is 2. The van der Waals surface area contributed by atoms with Crippen molar-refractivity contribution in [3.05, 3.63) is 29.8 Å². The number of likely N-dealkylation sites (N-methyl/N-ethyl adjacent to an activating group) is 1. The van der Waals surface area contributed by atoms with Crippen LogP contribution in [0.1, 0.15) is 57.4 Å². The van der Waals surface area contributed by atoms with Gasteiger partial charge in [0, 0.05) is 39.3 Å². The van der Waals surface area contributed by atoms with Crippen LogP contribution in [0.4, 0.5) is 0 Å². The average molecular weight is 432 g/mol. The smallest absolute Gasteiger partial charge is 0.246 e. The highest BCUT2D eigenvalue weighted by Gasteiger charge is 2.39. The van der Waals surface area contributed by atoms with Gasteiger partial charge in [-0.05, 0) is 50.4 Å². The summed E-state index contributed by atoms with van der Waals surface area (Å²) in [5, 5.41) is 5.95. The van der Waals surface area contributed by atoms with Gasteiger partial charge in [-0.15, -0.1) is 0 Å². The Labute approximate surface area is 185 Å². The molecule has 1 heterocycles. The van der Waals surface area contributed by atoms with Crippen molar-refractivity contribution in [1.82, 2.24) is 15.5 Å². The molecular weight excluding hydrogens is 394 g/mol. The van der Waals surface area contributed by atoms with Crippen LogP contribution < -0.4 is 15.4 Å². The summed E-state index contributed by atoms with van der Waals surface area (Å²) in [5.74, 6) is 0.561. The van der Waals surface area contributed by atoms with E-state index in [-0.39, 0.29) is 11.8 Å². The van der Waals surface area contributed by atoms with Crippen LogP contribution in [-0.4, -0.2) is 61.7 Å². The number of ether oxygens (including phenoxy) is 2. The fraction of sp³-hybridized carbons (Fsp3) is 0.667.